The largest absolute Gasteiger partial charge is 0.353 e. The molecule has 3 heteroatoms. The Morgan fingerprint density at radius 2 is 2.00 bits per heavy atom. The number of nitrogens with one attached hydrogen (secondary N) is 1. The van der Waals surface area contributed by atoms with Crippen LogP contribution in [0.2, 0.25) is 0 Å². The maximum absolute atomic E-state index is 12.0. The van der Waals surface area contributed by atoms with Gasteiger partial charge in [0.05, 0.1) is 5.92 Å². The Hall–Kier alpha value is -1.35. The van der Waals surface area contributed by atoms with Gasteiger partial charge >= 0.3 is 0 Å². The Morgan fingerprint density at radius 1 is 1.41 bits per heavy atom. The van der Waals surface area contributed by atoms with E-state index in [0.29, 0.717) is 12.0 Å². The van der Waals surface area contributed by atoms with Crippen molar-refractivity contribution >= 4 is 5.91 Å². The minimum atomic E-state index is -0.231. The number of amides is 1. The first-order valence-electron chi connectivity index (χ1n) is 6.20. The predicted molar refractivity (Wildman–Crippen MR) is 68.2 cm³/mol. The Balaban J connectivity index is 1.94. The maximum atomic E-state index is 12.0. The normalized spacial score (nSPS) is 26.1. The van der Waals surface area contributed by atoms with Gasteiger partial charge in [-0.25, -0.2) is 0 Å². The van der Waals surface area contributed by atoms with Crippen LogP contribution in [0.4, 0.5) is 0 Å². The number of hydrogen-bond donors (Lipinski definition) is 2. The zero-order valence-electron chi connectivity index (χ0n) is 10.4. The van der Waals surface area contributed by atoms with E-state index >= 15 is 0 Å². The van der Waals surface area contributed by atoms with E-state index in [4.69, 9.17) is 5.73 Å². The van der Waals surface area contributed by atoms with Crippen molar-refractivity contribution in [3.05, 3.63) is 35.9 Å². The van der Waals surface area contributed by atoms with Crippen LogP contribution in [0.1, 0.15) is 31.9 Å². The summed E-state index contributed by atoms with van der Waals surface area (Å²) >= 11 is 0. The second-order valence-corrected chi connectivity index (χ2v) is 5.05. The molecule has 1 aromatic rings. The highest BCUT2D eigenvalue weighted by Gasteiger charge is 2.35. The summed E-state index contributed by atoms with van der Waals surface area (Å²) in [6.45, 7) is 4.03. The molecule has 0 bridgehead atoms. The third-order valence-corrected chi connectivity index (χ3v) is 3.57. The van der Waals surface area contributed by atoms with E-state index in [1.54, 1.807) is 0 Å². The molecule has 1 aliphatic rings. The summed E-state index contributed by atoms with van der Waals surface area (Å²) in [6.07, 6.45) is 1.10. The van der Waals surface area contributed by atoms with E-state index in [-0.39, 0.29) is 17.9 Å². The summed E-state index contributed by atoms with van der Waals surface area (Å²) in [5.41, 5.74) is 7.12. The summed E-state index contributed by atoms with van der Waals surface area (Å²) in [6, 6.07) is 9.92. The SMILES string of the molecule is CC1CC1NC(=O)C(C)C(N)c1ccccc1. The molecule has 92 valence electrons. The van der Waals surface area contributed by atoms with Crippen LogP contribution in [-0.2, 0) is 4.79 Å². The van der Waals surface area contributed by atoms with E-state index in [1.165, 1.54) is 0 Å². The fourth-order valence-electron chi connectivity index (χ4n) is 1.96. The van der Waals surface area contributed by atoms with Crippen LogP contribution in [0.15, 0.2) is 30.3 Å². The minimum absolute atomic E-state index is 0.0655. The molecule has 1 saturated carbocycles. The Labute approximate surface area is 102 Å². The van der Waals surface area contributed by atoms with Gasteiger partial charge in [-0.1, -0.05) is 44.2 Å². The lowest BCUT2D eigenvalue weighted by Crippen LogP contribution is -2.37. The second kappa shape index (κ2) is 4.88. The number of hydrogen-bond acceptors (Lipinski definition) is 2. The van der Waals surface area contributed by atoms with Gasteiger partial charge in [0.15, 0.2) is 0 Å². The smallest absolute Gasteiger partial charge is 0.224 e. The van der Waals surface area contributed by atoms with Crippen LogP contribution in [0.3, 0.4) is 0 Å². The molecule has 4 atom stereocenters. The molecule has 1 amide bonds. The molecule has 0 heterocycles. The molecular weight excluding hydrogens is 212 g/mol. The Bertz CT molecular complexity index is 390. The lowest BCUT2D eigenvalue weighted by Gasteiger charge is -2.19. The molecule has 1 aromatic carbocycles. The van der Waals surface area contributed by atoms with Gasteiger partial charge in [-0.2, -0.15) is 0 Å². The number of carbonyl (C=O) groups is 1. The fourth-order valence-corrected chi connectivity index (χ4v) is 1.96. The average Bonchev–Trinajstić information content (AvgIpc) is 3.04. The summed E-state index contributed by atoms with van der Waals surface area (Å²) in [4.78, 5) is 12.0. The molecule has 0 saturated heterocycles. The molecule has 17 heavy (non-hydrogen) atoms. The van der Waals surface area contributed by atoms with Gasteiger partial charge in [-0.3, -0.25) is 4.79 Å². The molecule has 0 aliphatic heterocycles. The predicted octanol–water partition coefficient (Wildman–Crippen LogP) is 1.85. The van der Waals surface area contributed by atoms with Crippen molar-refractivity contribution in [2.45, 2.75) is 32.4 Å². The molecule has 0 radical (unpaired) electrons. The van der Waals surface area contributed by atoms with E-state index < -0.39 is 0 Å². The standard InChI is InChI=1S/C14H20N2O/c1-9-8-12(9)16-14(17)10(2)13(15)11-6-4-3-5-7-11/h3-7,9-10,12-13H,8,15H2,1-2H3,(H,16,17). The number of carbonyl (C=O) groups excluding carboxylic acids is 1. The molecule has 4 unspecified atom stereocenters. The van der Waals surface area contributed by atoms with Crippen molar-refractivity contribution < 1.29 is 4.79 Å². The quantitative estimate of drug-likeness (QED) is 0.832. The summed E-state index contributed by atoms with van der Waals surface area (Å²) in [7, 11) is 0. The van der Waals surface area contributed by atoms with Gasteiger partial charge in [0.1, 0.15) is 0 Å². The van der Waals surface area contributed by atoms with Gasteiger partial charge < -0.3 is 11.1 Å². The van der Waals surface area contributed by atoms with Gasteiger partial charge in [0, 0.05) is 12.1 Å². The Kier molecular flexibility index (Phi) is 3.48. The van der Waals surface area contributed by atoms with E-state index in [9.17, 15) is 4.79 Å². The topological polar surface area (TPSA) is 55.1 Å². The minimum Gasteiger partial charge on any atom is -0.353 e. The molecule has 2 rings (SSSR count). The van der Waals surface area contributed by atoms with Crippen molar-refractivity contribution in [1.82, 2.24) is 5.32 Å². The first-order chi connectivity index (χ1) is 8.09. The molecule has 0 spiro atoms. The zero-order chi connectivity index (χ0) is 12.4. The molecule has 1 fully saturated rings. The number of benzene rings is 1. The summed E-state index contributed by atoms with van der Waals surface area (Å²) in [5.74, 6) is 0.500. The summed E-state index contributed by atoms with van der Waals surface area (Å²) < 4.78 is 0. The van der Waals surface area contributed by atoms with Gasteiger partial charge in [-0.15, -0.1) is 0 Å². The number of rotatable bonds is 4. The molecule has 3 nitrogen and oxygen atoms in total. The fraction of sp³-hybridized carbons (Fsp3) is 0.500. The highest BCUT2D eigenvalue weighted by molar-refractivity contribution is 5.79. The number of nitrogens with two attached hydrogens (primary N) is 1. The van der Waals surface area contributed by atoms with Crippen LogP contribution in [-0.4, -0.2) is 11.9 Å². The van der Waals surface area contributed by atoms with Crippen molar-refractivity contribution in [2.75, 3.05) is 0 Å². The van der Waals surface area contributed by atoms with Crippen LogP contribution >= 0.6 is 0 Å². The Morgan fingerprint density at radius 3 is 2.53 bits per heavy atom. The monoisotopic (exact) mass is 232 g/mol. The molecule has 3 N–H and O–H groups in total. The van der Waals surface area contributed by atoms with Crippen LogP contribution in [0.25, 0.3) is 0 Å². The summed E-state index contributed by atoms with van der Waals surface area (Å²) in [5, 5.41) is 3.04. The van der Waals surface area contributed by atoms with Crippen LogP contribution < -0.4 is 11.1 Å². The molecule has 0 aromatic heterocycles. The highest BCUT2D eigenvalue weighted by atomic mass is 16.2. The van der Waals surface area contributed by atoms with Gasteiger partial charge in [0.2, 0.25) is 5.91 Å². The first-order valence-corrected chi connectivity index (χ1v) is 6.20. The van der Waals surface area contributed by atoms with Crippen molar-refractivity contribution in [3.8, 4) is 0 Å². The highest BCUT2D eigenvalue weighted by Crippen LogP contribution is 2.30. The molecule has 1 aliphatic carbocycles. The van der Waals surface area contributed by atoms with Crippen molar-refractivity contribution in [2.24, 2.45) is 17.6 Å². The van der Waals surface area contributed by atoms with Crippen LogP contribution in [0, 0.1) is 11.8 Å². The lowest BCUT2D eigenvalue weighted by atomic mass is 9.94. The zero-order valence-corrected chi connectivity index (χ0v) is 10.4. The third kappa shape index (κ3) is 2.86. The van der Waals surface area contributed by atoms with Gasteiger partial charge in [-0.05, 0) is 17.9 Å². The van der Waals surface area contributed by atoms with E-state index in [0.717, 1.165) is 12.0 Å². The average molecular weight is 232 g/mol. The first kappa shape index (κ1) is 12.1. The third-order valence-electron chi connectivity index (χ3n) is 3.57. The van der Waals surface area contributed by atoms with Crippen molar-refractivity contribution in [3.63, 3.8) is 0 Å². The lowest BCUT2D eigenvalue weighted by molar-refractivity contribution is -0.125. The van der Waals surface area contributed by atoms with Crippen molar-refractivity contribution in [1.29, 1.82) is 0 Å². The maximum Gasteiger partial charge on any atom is 0.224 e. The van der Waals surface area contributed by atoms with E-state index in [1.807, 2.05) is 37.3 Å². The second-order valence-electron chi connectivity index (χ2n) is 5.05. The van der Waals surface area contributed by atoms with Gasteiger partial charge in [0.25, 0.3) is 0 Å². The van der Waals surface area contributed by atoms with E-state index in [2.05, 4.69) is 12.2 Å². The van der Waals surface area contributed by atoms with Crippen LogP contribution in [0.5, 0.6) is 0 Å². The molecular formula is C14H20N2O.